The highest BCUT2D eigenvalue weighted by Gasteiger charge is 2.04. The minimum atomic E-state index is -0.140. The molecule has 112 valence electrons. The molecule has 0 spiro atoms. The van der Waals surface area contributed by atoms with Gasteiger partial charge in [0.2, 0.25) is 0 Å². The van der Waals surface area contributed by atoms with Crippen LogP contribution in [-0.2, 0) is 17.1 Å². The number of aromatic amines is 1. The van der Waals surface area contributed by atoms with Crippen LogP contribution in [0.1, 0.15) is 30.7 Å². The molecule has 0 saturated carbocycles. The van der Waals surface area contributed by atoms with E-state index in [0.717, 1.165) is 5.75 Å². The maximum Gasteiger partial charge on any atom is 0.251 e. The zero-order chi connectivity index (χ0) is 15.2. The van der Waals surface area contributed by atoms with Crippen molar-refractivity contribution in [3.8, 4) is 0 Å². The third-order valence-electron chi connectivity index (χ3n) is 2.80. The Morgan fingerprint density at radius 2 is 2.14 bits per heavy atom. The monoisotopic (exact) mass is 304 g/mol. The van der Waals surface area contributed by atoms with Gasteiger partial charge in [0.05, 0.1) is 18.4 Å². The highest BCUT2D eigenvalue weighted by Crippen LogP contribution is 2.19. The van der Waals surface area contributed by atoms with Gasteiger partial charge in [-0.25, -0.2) is 4.98 Å². The number of aryl methyl sites for hydroxylation is 1. The van der Waals surface area contributed by atoms with Gasteiger partial charge >= 0.3 is 0 Å². The second kappa shape index (κ2) is 7.43. The third-order valence-corrected chi connectivity index (χ3v) is 3.74. The first-order valence-corrected chi connectivity index (χ1v) is 7.91. The molecule has 21 heavy (non-hydrogen) atoms. The van der Waals surface area contributed by atoms with Crippen LogP contribution in [0.3, 0.4) is 0 Å². The van der Waals surface area contributed by atoms with Gasteiger partial charge in [0, 0.05) is 11.8 Å². The van der Waals surface area contributed by atoms with Gasteiger partial charge in [-0.15, -0.1) is 0 Å². The summed E-state index contributed by atoms with van der Waals surface area (Å²) in [6.45, 7) is 6.35. The van der Waals surface area contributed by atoms with Crippen LogP contribution in [0.2, 0.25) is 0 Å². The van der Waals surface area contributed by atoms with Crippen LogP contribution in [0.15, 0.2) is 40.3 Å². The Hall–Kier alpha value is -1.59. The minimum Gasteiger partial charge on any atom is -0.373 e. The fourth-order valence-electron chi connectivity index (χ4n) is 1.83. The van der Waals surface area contributed by atoms with E-state index in [1.807, 2.05) is 19.9 Å². The van der Waals surface area contributed by atoms with Gasteiger partial charge in [0.15, 0.2) is 5.16 Å². The number of hydrogen-bond donors (Lipinski definition) is 1. The predicted octanol–water partition coefficient (Wildman–Crippen LogP) is 3.30. The maximum absolute atomic E-state index is 11.7. The van der Waals surface area contributed by atoms with E-state index in [2.05, 4.69) is 35.1 Å². The van der Waals surface area contributed by atoms with E-state index >= 15 is 0 Å². The van der Waals surface area contributed by atoms with E-state index in [0.29, 0.717) is 17.5 Å². The summed E-state index contributed by atoms with van der Waals surface area (Å²) in [5.74, 6) is 0.777. The average Bonchev–Trinajstić information content (AvgIpc) is 2.43. The number of hydrogen-bond acceptors (Lipinski definition) is 4. The molecule has 0 aliphatic heterocycles. The molecule has 1 aromatic heterocycles. The zero-order valence-corrected chi connectivity index (χ0v) is 13.4. The van der Waals surface area contributed by atoms with Gasteiger partial charge in [-0.3, -0.25) is 4.79 Å². The number of thioether (sulfide) groups is 1. The molecule has 0 radical (unpaired) electrons. The summed E-state index contributed by atoms with van der Waals surface area (Å²) in [6.07, 6.45) is 0.120. The molecule has 5 heteroatoms. The van der Waals surface area contributed by atoms with Gasteiger partial charge in [0.1, 0.15) is 0 Å². The predicted molar refractivity (Wildman–Crippen MR) is 85.5 cm³/mol. The number of rotatable bonds is 6. The van der Waals surface area contributed by atoms with Crippen molar-refractivity contribution in [2.75, 3.05) is 0 Å². The quantitative estimate of drug-likeness (QED) is 0.657. The molecule has 1 heterocycles. The van der Waals surface area contributed by atoms with Crippen molar-refractivity contribution in [2.24, 2.45) is 0 Å². The Morgan fingerprint density at radius 1 is 1.33 bits per heavy atom. The first-order chi connectivity index (χ1) is 10.0. The van der Waals surface area contributed by atoms with E-state index in [4.69, 9.17) is 4.74 Å². The minimum absolute atomic E-state index is 0.120. The second-order valence-corrected chi connectivity index (χ2v) is 6.14. The van der Waals surface area contributed by atoms with Crippen LogP contribution in [0, 0.1) is 6.92 Å². The zero-order valence-electron chi connectivity index (χ0n) is 12.6. The van der Waals surface area contributed by atoms with Crippen molar-refractivity contribution >= 4 is 11.8 Å². The molecule has 0 unspecified atom stereocenters. The van der Waals surface area contributed by atoms with E-state index < -0.39 is 0 Å². The lowest BCUT2D eigenvalue weighted by Gasteiger charge is -2.08. The SMILES string of the molecule is Cc1cccc(CSc2nc(COC(C)C)cc(=O)[nH]2)c1. The molecule has 1 N–H and O–H groups in total. The molecule has 0 fully saturated rings. The first kappa shape index (κ1) is 15.8. The highest BCUT2D eigenvalue weighted by atomic mass is 32.2. The summed E-state index contributed by atoms with van der Waals surface area (Å²) in [6, 6.07) is 9.80. The number of aromatic nitrogens is 2. The summed E-state index contributed by atoms with van der Waals surface area (Å²) in [4.78, 5) is 18.8. The van der Waals surface area contributed by atoms with E-state index in [1.165, 1.54) is 29.0 Å². The van der Waals surface area contributed by atoms with Crippen LogP contribution < -0.4 is 5.56 Å². The topological polar surface area (TPSA) is 55.0 Å². The van der Waals surface area contributed by atoms with Gasteiger partial charge in [-0.05, 0) is 26.3 Å². The van der Waals surface area contributed by atoms with Crippen molar-refractivity contribution in [3.63, 3.8) is 0 Å². The molecular weight excluding hydrogens is 284 g/mol. The van der Waals surface area contributed by atoms with Crippen molar-refractivity contribution < 1.29 is 4.74 Å². The first-order valence-electron chi connectivity index (χ1n) is 6.93. The lowest BCUT2D eigenvalue weighted by Crippen LogP contribution is -2.12. The fraction of sp³-hybridized carbons (Fsp3) is 0.375. The summed E-state index contributed by atoms with van der Waals surface area (Å²) in [5, 5.41) is 0.631. The van der Waals surface area contributed by atoms with Crippen LogP contribution >= 0.6 is 11.8 Å². The second-order valence-electron chi connectivity index (χ2n) is 5.18. The van der Waals surface area contributed by atoms with Crippen LogP contribution in [0.4, 0.5) is 0 Å². The molecule has 2 rings (SSSR count). The molecular formula is C16H20N2O2S. The van der Waals surface area contributed by atoms with Crippen LogP contribution in [0.5, 0.6) is 0 Å². The molecule has 0 bridgehead atoms. The molecule has 0 aliphatic carbocycles. The lowest BCUT2D eigenvalue weighted by molar-refractivity contribution is 0.0631. The van der Waals surface area contributed by atoms with Crippen LogP contribution in [-0.4, -0.2) is 16.1 Å². The van der Waals surface area contributed by atoms with Crippen molar-refractivity contribution in [1.29, 1.82) is 0 Å². The van der Waals surface area contributed by atoms with Gasteiger partial charge in [0.25, 0.3) is 5.56 Å². The molecule has 2 aromatic rings. The fourth-order valence-corrected chi connectivity index (χ4v) is 2.67. The van der Waals surface area contributed by atoms with Gasteiger partial charge in [-0.1, -0.05) is 41.6 Å². The van der Waals surface area contributed by atoms with Crippen LogP contribution in [0.25, 0.3) is 0 Å². The molecule has 4 nitrogen and oxygen atoms in total. The number of benzene rings is 1. The smallest absolute Gasteiger partial charge is 0.251 e. The number of nitrogens with one attached hydrogen (secondary N) is 1. The molecule has 0 saturated heterocycles. The Bertz CT molecular complexity index is 653. The molecule has 1 aromatic carbocycles. The normalized spacial score (nSPS) is 11.0. The standard InChI is InChI=1S/C16H20N2O2S/c1-11(2)20-9-14-8-15(19)18-16(17-14)21-10-13-6-4-5-12(3)7-13/h4-8,11H,9-10H2,1-3H3,(H,17,18,19). The van der Waals surface area contributed by atoms with Crippen molar-refractivity contribution in [3.05, 3.63) is 57.5 Å². The Kier molecular flexibility index (Phi) is 5.59. The van der Waals surface area contributed by atoms with Gasteiger partial charge in [-0.2, -0.15) is 0 Å². The summed E-state index contributed by atoms with van der Waals surface area (Å²) < 4.78 is 5.49. The summed E-state index contributed by atoms with van der Waals surface area (Å²) in [7, 11) is 0. The Balaban J connectivity index is 2.04. The summed E-state index contributed by atoms with van der Waals surface area (Å²) >= 11 is 1.52. The molecule has 0 aliphatic rings. The number of nitrogens with zero attached hydrogens (tertiary/aromatic N) is 1. The molecule has 0 atom stereocenters. The maximum atomic E-state index is 11.7. The average molecular weight is 304 g/mol. The highest BCUT2D eigenvalue weighted by molar-refractivity contribution is 7.98. The van der Waals surface area contributed by atoms with E-state index in [1.54, 1.807) is 0 Å². The Morgan fingerprint density at radius 3 is 2.86 bits per heavy atom. The van der Waals surface area contributed by atoms with Crippen molar-refractivity contribution in [2.45, 2.75) is 44.4 Å². The lowest BCUT2D eigenvalue weighted by atomic mass is 10.2. The van der Waals surface area contributed by atoms with E-state index in [-0.39, 0.29) is 11.7 Å². The van der Waals surface area contributed by atoms with E-state index in [9.17, 15) is 4.79 Å². The molecule has 0 amide bonds. The third kappa shape index (κ3) is 5.36. The van der Waals surface area contributed by atoms with Crippen molar-refractivity contribution in [1.82, 2.24) is 9.97 Å². The number of ether oxygens (including phenoxy) is 1. The van der Waals surface area contributed by atoms with Gasteiger partial charge < -0.3 is 9.72 Å². The number of H-pyrrole nitrogens is 1. The largest absolute Gasteiger partial charge is 0.373 e. The summed E-state index contributed by atoms with van der Waals surface area (Å²) in [5.41, 5.74) is 2.97. The Labute approximate surface area is 129 Å².